The number of anilines is 1. The van der Waals surface area contributed by atoms with Gasteiger partial charge in [0.15, 0.2) is 5.06 Å². The lowest BCUT2D eigenvalue weighted by Gasteiger charge is -2.26. The fraction of sp³-hybridized carbons (Fsp3) is 0.333. The monoisotopic (exact) mass is 437 g/mol. The summed E-state index contributed by atoms with van der Waals surface area (Å²) in [4.78, 5) is 20.3. The molecule has 3 aromatic rings. The third-order valence-electron chi connectivity index (χ3n) is 5.32. The Morgan fingerprint density at radius 2 is 1.97 bits per heavy atom. The van der Waals surface area contributed by atoms with Gasteiger partial charge in [-0.25, -0.2) is 0 Å². The molecule has 1 aromatic carbocycles. The first kappa shape index (κ1) is 21.5. The number of nitrogens with one attached hydrogen (secondary N) is 1. The van der Waals surface area contributed by atoms with Crippen LogP contribution in [0.4, 0.5) is 5.69 Å². The zero-order valence-corrected chi connectivity index (χ0v) is 18.5. The molecule has 0 radical (unpaired) electrons. The smallest absolute Gasteiger partial charge is 0.224 e. The Kier molecular flexibility index (Phi) is 7.30. The van der Waals surface area contributed by atoms with E-state index in [1.807, 2.05) is 36.5 Å². The summed E-state index contributed by atoms with van der Waals surface area (Å²) in [6, 6.07) is 14.1. The second kappa shape index (κ2) is 10.5. The van der Waals surface area contributed by atoms with Crippen LogP contribution >= 0.6 is 11.3 Å². The highest BCUT2D eigenvalue weighted by molar-refractivity contribution is 7.17. The van der Waals surface area contributed by atoms with E-state index in [-0.39, 0.29) is 5.91 Å². The number of pyridine rings is 1. The number of ether oxygens (including phenoxy) is 2. The van der Waals surface area contributed by atoms with Crippen LogP contribution in [0, 0.1) is 0 Å². The number of amides is 1. The van der Waals surface area contributed by atoms with Crippen LogP contribution in [-0.4, -0.2) is 49.2 Å². The molecule has 0 unspecified atom stereocenters. The van der Waals surface area contributed by atoms with Gasteiger partial charge in [0, 0.05) is 49.0 Å². The third-order valence-corrected chi connectivity index (χ3v) is 6.40. The van der Waals surface area contributed by atoms with Gasteiger partial charge in [-0.05, 0) is 53.4 Å². The van der Waals surface area contributed by atoms with Crippen molar-refractivity contribution < 1.29 is 14.3 Å². The van der Waals surface area contributed by atoms with Crippen molar-refractivity contribution in [3.8, 4) is 15.5 Å². The summed E-state index contributed by atoms with van der Waals surface area (Å²) >= 11 is 1.59. The molecule has 7 heteroatoms. The molecule has 1 amide bonds. The fourth-order valence-corrected chi connectivity index (χ4v) is 4.51. The molecule has 162 valence electrons. The maximum atomic E-state index is 12.5. The molecule has 4 rings (SSSR count). The molecule has 1 aliphatic rings. The van der Waals surface area contributed by atoms with E-state index in [0.29, 0.717) is 12.8 Å². The van der Waals surface area contributed by atoms with Crippen molar-refractivity contribution in [3.05, 3.63) is 66.0 Å². The van der Waals surface area contributed by atoms with E-state index in [2.05, 4.69) is 27.3 Å². The maximum absolute atomic E-state index is 12.5. The molecule has 0 bridgehead atoms. The molecule has 1 fully saturated rings. The number of hydrogen-bond donors (Lipinski definition) is 1. The molecule has 6 nitrogen and oxygen atoms in total. The molecule has 1 saturated heterocycles. The standard InChI is InChI=1S/C24H27N3O3S/c1-29-24-9-7-22(31-24)21-10-11-25-16-19(21)4-8-23(28)26-20-5-2-18(3-6-20)17-27-12-14-30-15-13-27/h2-3,5-7,9-11,16H,4,8,12-15,17H2,1H3,(H,26,28). The average Bonchev–Trinajstić information content (AvgIpc) is 3.29. The zero-order chi connectivity index (χ0) is 21.5. The molecule has 1 N–H and O–H groups in total. The van der Waals surface area contributed by atoms with Gasteiger partial charge in [-0.2, -0.15) is 0 Å². The molecule has 0 saturated carbocycles. The lowest BCUT2D eigenvalue weighted by molar-refractivity contribution is -0.116. The van der Waals surface area contributed by atoms with Gasteiger partial charge in [-0.1, -0.05) is 23.5 Å². The van der Waals surface area contributed by atoms with Crippen LogP contribution in [0.2, 0.25) is 0 Å². The first-order valence-corrected chi connectivity index (χ1v) is 11.3. The minimum absolute atomic E-state index is 0.000470. The normalized spacial score (nSPS) is 14.4. The van der Waals surface area contributed by atoms with Crippen molar-refractivity contribution in [2.24, 2.45) is 0 Å². The molecular formula is C24H27N3O3S. The number of morpholine rings is 1. The number of aryl methyl sites for hydroxylation is 1. The van der Waals surface area contributed by atoms with Gasteiger partial charge in [0.05, 0.1) is 20.3 Å². The molecule has 2 aromatic heterocycles. The number of benzene rings is 1. The first-order valence-electron chi connectivity index (χ1n) is 10.5. The Hall–Kier alpha value is -2.74. The van der Waals surface area contributed by atoms with Gasteiger partial charge in [0.2, 0.25) is 5.91 Å². The number of hydrogen-bond acceptors (Lipinski definition) is 6. The highest BCUT2D eigenvalue weighted by Crippen LogP contribution is 2.34. The Morgan fingerprint density at radius 3 is 2.71 bits per heavy atom. The van der Waals surface area contributed by atoms with E-state index in [1.165, 1.54) is 5.56 Å². The SMILES string of the molecule is COc1ccc(-c2ccncc2CCC(=O)Nc2ccc(CN3CCOCC3)cc2)s1. The van der Waals surface area contributed by atoms with Crippen LogP contribution in [0.15, 0.2) is 54.9 Å². The first-order chi connectivity index (χ1) is 15.2. The predicted molar refractivity (Wildman–Crippen MR) is 124 cm³/mol. The minimum atomic E-state index is -0.000470. The largest absolute Gasteiger partial charge is 0.487 e. The lowest BCUT2D eigenvalue weighted by atomic mass is 10.0. The van der Waals surface area contributed by atoms with Crippen molar-refractivity contribution in [2.75, 3.05) is 38.7 Å². The van der Waals surface area contributed by atoms with E-state index in [9.17, 15) is 4.79 Å². The number of carbonyl (C=O) groups excluding carboxylic acids is 1. The molecule has 1 aliphatic heterocycles. The topological polar surface area (TPSA) is 63.7 Å². The highest BCUT2D eigenvalue weighted by Gasteiger charge is 2.12. The molecular weight excluding hydrogens is 410 g/mol. The number of thiophene rings is 1. The quantitative estimate of drug-likeness (QED) is 0.572. The van der Waals surface area contributed by atoms with Crippen molar-refractivity contribution >= 4 is 22.9 Å². The minimum Gasteiger partial charge on any atom is -0.487 e. The lowest BCUT2D eigenvalue weighted by Crippen LogP contribution is -2.35. The van der Waals surface area contributed by atoms with Gasteiger partial charge in [0.25, 0.3) is 0 Å². The summed E-state index contributed by atoms with van der Waals surface area (Å²) in [5, 5.41) is 3.87. The Labute approximate surface area is 186 Å². The molecule has 0 aliphatic carbocycles. The van der Waals surface area contributed by atoms with Gasteiger partial charge in [-0.3, -0.25) is 14.7 Å². The van der Waals surface area contributed by atoms with Crippen LogP contribution in [0.3, 0.4) is 0 Å². The summed E-state index contributed by atoms with van der Waals surface area (Å²) in [7, 11) is 1.67. The molecule has 3 heterocycles. The van der Waals surface area contributed by atoms with Crippen LogP contribution in [0.25, 0.3) is 10.4 Å². The van der Waals surface area contributed by atoms with Gasteiger partial charge in [0.1, 0.15) is 0 Å². The van der Waals surface area contributed by atoms with E-state index in [0.717, 1.165) is 59.6 Å². The van der Waals surface area contributed by atoms with Crippen molar-refractivity contribution in [1.82, 2.24) is 9.88 Å². The number of aromatic nitrogens is 1. The number of nitrogens with zero attached hydrogens (tertiary/aromatic N) is 2. The van der Waals surface area contributed by atoms with Crippen LogP contribution in [-0.2, 0) is 22.5 Å². The van der Waals surface area contributed by atoms with Crippen molar-refractivity contribution in [1.29, 1.82) is 0 Å². The van der Waals surface area contributed by atoms with Crippen LogP contribution in [0.5, 0.6) is 5.06 Å². The van der Waals surface area contributed by atoms with Crippen molar-refractivity contribution in [2.45, 2.75) is 19.4 Å². The summed E-state index contributed by atoms with van der Waals surface area (Å²) in [6.07, 6.45) is 4.65. The third kappa shape index (κ3) is 5.91. The Bertz CT molecular complexity index is 997. The summed E-state index contributed by atoms with van der Waals surface area (Å²) in [6.45, 7) is 4.44. The van der Waals surface area contributed by atoms with E-state index in [4.69, 9.17) is 9.47 Å². The predicted octanol–water partition coefficient (Wildman–Crippen LogP) is 4.22. The summed E-state index contributed by atoms with van der Waals surface area (Å²) < 4.78 is 10.7. The van der Waals surface area contributed by atoms with E-state index < -0.39 is 0 Å². The number of rotatable bonds is 8. The average molecular weight is 438 g/mol. The second-order valence-electron chi connectivity index (χ2n) is 7.49. The van der Waals surface area contributed by atoms with Gasteiger partial charge < -0.3 is 14.8 Å². The van der Waals surface area contributed by atoms with Crippen LogP contribution in [0.1, 0.15) is 17.5 Å². The maximum Gasteiger partial charge on any atom is 0.224 e. The number of methoxy groups -OCH3 is 1. The molecule has 0 atom stereocenters. The Morgan fingerprint density at radius 1 is 1.16 bits per heavy atom. The van der Waals surface area contributed by atoms with Gasteiger partial charge in [-0.15, -0.1) is 0 Å². The second-order valence-corrected chi connectivity index (χ2v) is 8.54. The van der Waals surface area contributed by atoms with Crippen molar-refractivity contribution in [3.63, 3.8) is 0 Å². The van der Waals surface area contributed by atoms with E-state index >= 15 is 0 Å². The summed E-state index contributed by atoms with van der Waals surface area (Å²) in [5.74, 6) is -0.000470. The molecule has 0 spiro atoms. The van der Waals surface area contributed by atoms with Gasteiger partial charge >= 0.3 is 0 Å². The van der Waals surface area contributed by atoms with Crippen LogP contribution < -0.4 is 10.1 Å². The highest BCUT2D eigenvalue weighted by atomic mass is 32.1. The molecule has 31 heavy (non-hydrogen) atoms. The number of carbonyl (C=O) groups is 1. The Balaban J connectivity index is 1.31. The van der Waals surface area contributed by atoms with E-state index in [1.54, 1.807) is 24.6 Å². The zero-order valence-electron chi connectivity index (χ0n) is 17.7. The fourth-order valence-electron chi connectivity index (χ4n) is 3.62. The summed E-state index contributed by atoms with van der Waals surface area (Å²) in [5.41, 5.74) is 4.22.